The molecule has 0 aliphatic carbocycles. The predicted octanol–water partition coefficient (Wildman–Crippen LogP) is 0.246. The standard InChI is InChI=1S/C11H16ClN3O5S/c1-7-10(11(12)14(2)13-7)21(18,19)15-3-4-20-6-8(15)5-9(16)17/h8H,3-6H2,1-2H3,(H,16,17)/t8-/m1/s1. The maximum Gasteiger partial charge on any atom is 0.305 e. The van der Waals surface area contributed by atoms with Gasteiger partial charge >= 0.3 is 5.97 Å². The van der Waals surface area contributed by atoms with E-state index in [0.29, 0.717) is 0 Å². The second-order valence-corrected chi connectivity index (χ2v) is 6.96. The summed E-state index contributed by atoms with van der Waals surface area (Å²) in [7, 11) is -2.38. The smallest absolute Gasteiger partial charge is 0.305 e. The van der Waals surface area contributed by atoms with Crippen molar-refractivity contribution < 1.29 is 23.1 Å². The molecule has 1 aliphatic rings. The van der Waals surface area contributed by atoms with E-state index in [1.54, 1.807) is 14.0 Å². The summed E-state index contributed by atoms with van der Waals surface area (Å²) in [5.41, 5.74) is 0.281. The molecule has 1 saturated heterocycles. The second-order valence-electron chi connectivity index (χ2n) is 4.77. The van der Waals surface area contributed by atoms with E-state index < -0.39 is 22.0 Å². The molecule has 1 aromatic rings. The van der Waals surface area contributed by atoms with E-state index in [1.807, 2.05) is 0 Å². The molecule has 2 rings (SSSR count). The van der Waals surface area contributed by atoms with Gasteiger partial charge in [-0.2, -0.15) is 9.40 Å². The molecule has 1 fully saturated rings. The Labute approximate surface area is 127 Å². The molecule has 0 bridgehead atoms. The molecule has 8 nitrogen and oxygen atoms in total. The predicted molar refractivity (Wildman–Crippen MR) is 73.7 cm³/mol. The Hall–Kier alpha value is -1.16. The van der Waals surface area contributed by atoms with Crippen molar-refractivity contribution in [2.75, 3.05) is 19.8 Å². The Kier molecular flexibility index (Phi) is 4.57. The zero-order valence-corrected chi connectivity index (χ0v) is 13.2. The fraction of sp³-hybridized carbons (Fsp3) is 0.636. The Bertz CT molecular complexity index is 657. The van der Waals surface area contributed by atoms with Crippen LogP contribution < -0.4 is 0 Å². The summed E-state index contributed by atoms with van der Waals surface area (Å²) < 4.78 is 33.1. The summed E-state index contributed by atoms with van der Waals surface area (Å²) >= 11 is 6.02. The van der Waals surface area contributed by atoms with Crippen LogP contribution in [0.15, 0.2) is 4.90 Å². The molecule has 1 aliphatic heterocycles. The Morgan fingerprint density at radius 2 is 2.24 bits per heavy atom. The van der Waals surface area contributed by atoms with E-state index in [1.165, 1.54) is 4.68 Å². The molecule has 2 heterocycles. The largest absolute Gasteiger partial charge is 0.481 e. The highest BCUT2D eigenvalue weighted by molar-refractivity contribution is 7.89. The normalized spacial score (nSPS) is 20.6. The van der Waals surface area contributed by atoms with Gasteiger partial charge in [0.25, 0.3) is 0 Å². The van der Waals surface area contributed by atoms with E-state index in [4.69, 9.17) is 21.4 Å². The van der Waals surface area contributed by atoms with Crippen LogP contribution in [0.5, 0.6) is 0 Å². The minimum atomic E-state index is -3.92. The molecule has 1 atom stereocenters. The number of morpholine rings is 1. The van der Waals surface area contributed by atoms with Gasteiger partial charge in [-0.05, 0) is 6.92 Å². The second kappa shape index (κ2) is 5.91. The quantitative estimate of drug-likeness (QED) is 0.844. The van der Waals surface area contributed by atoms with Crippen LogP contribution in [0.1, 0.15) is 12.1 Å². The van der Waals surface area contributed by atoms with Gasteiger partial charge < -0.3 is 9.84 Å². The van der Waals surface area contributed by atoms with Crippen molar-refractivity contribution in [3.63, 3.8) is 0 Å². The van der Waals surface area contributed by atoms with Gasteiger partial charge in [-0.3, -0.25) is 9.48 Å². The van der Waals surface area contributed by atoms with Crippen molar-refractivity contribution in [1.82, 2.24) is 14.1 Å². The monoisotopic (exact) mass is 337 g/mol. The van der Waals surface area contributed by atoms with Crippen molar-refractivity contribution in [2.24, 2.45) is 7.05 Å². The number of aryl methyl sites for hydroxylation is 2. The number of carbonyl (C=O) groups is 1. The molecule has 1 N–H and O–H groups in total. The van der Waals surface area contributed by atoms with Crippen LogP contribution in [-0.4, -0.2) is 59.4 Å². The summed E-state index contributed by atoms with van der Waals surface area (Å²) in [5, 5.41) is 12.9. The number of hydrogen-bond acceptors (Lipinski definition) is 5. The number of rotatable bonds is 4. The minimum Gasteiger partial charge on any atom is -0.481 e. The molecule has 0 spiro atoms. The van der Waals surface area contributed by atoms with Crippen LogP contribution in [0.4, 0.5) is 0 Å². The molecule has 21 heavy (non-hydrogen) atoms. The van der Waals surface area contributed by atoms with Crippen LogP contribution in [0, 0.1) is 6.92 Å². The van der Waals surface area contributed by atoms with Crippen LogP contribution in [0.25, 0.3) is 0 Å². The lowest BCUT2D eigenvalue weighted by atomic mass is 10.2. The zero-order valence-electron chi connectivity index (χ0n) is 11.6. The topological polar surface area (TPSA) is 102 Å². The lowest BCUT2D eigenvalue weighted by Crippen LogP contribution is -2.49. The highest BCUT2D eigenvalue weighted by Crippen LogP contribution is 2.29. The van der Waals surface area contributed by atoms with Crippen molar-refractivity contribution in [2.45, 2.75) is 24.3 Å². The summed E-state index contributed by atoms with van der Waals surface area (Å²) in [6.07, 6.45) is -0.323. The summed E-state index contributed by atoms with van der Waals surface area (Å²) in [6.45, 7) is 1.89. The highest BCUT2D eigenvalue weighted by atomic mass is 35.5. The number of ether oxygens (including phenoxy) is 1. The average Bonchev–Trinajstić information content (AvgIpc) is 2.63. The third-order valence-corrected chi connectivity index (χ3v) is 5.90. The lowest BCUT2D eigenvalue weighted by Gasteiger charge is -2.33. The van der Waals surface area contributed by atoms with Crippen LogP contribution in [0.2, 0.25) is 5.15 Å². The molecule has 0 unspecified atom stereocenters. The number of sulfonamides is 1. The number of halogens is 1. The first-order chi connectivity index (χ1) is 9.75. The molecule has 0 saturated carbocycles. The Balaban J connectivity index is 2.43. The van der Waals surface area contributed by atoms with Gasteiger partial charge in [0, 0.05) is 13.6 Å². The SMILES string of the molecule is Cc1nn(C)c(Cl)c1S(=O)(=O)N1CCOC[C@H]1CC(=O)O. The van der Waals surface area contributed by atoms with E-state index in [0.717, 1.165) is 4.31 Å². The molecule has 0 aromatic carbocycles. The molecule has 0 amide bonds. The van der Waals surface area contributed by atoms with Gasteiger partial charge in [0.1, 0.15) is 10.0 Å². The fourth-order valence-electron chi connectivity index (χ4n) is 2.34. The van der Waals surface area contributed by atoms with E-state index in [-0.39, 0.29) is 41.9 Å². The average molecular weight is 338 g/mol. The van der Waals surface area contributed by atoms with Crippen LogP contribution in [0.3, 0.4) is 0 Å². The zero-order chi connectivity index (χ0) is 15.8. The lowest BCUT2D eigenvalue weighted by molar-refractivity contribution is -0.139. The van der Waals surface area contributed by atoms with E-state index >= 15 is 0 Å². The van der Waals surface area contributed by atoms with Crippen molar-refractivity contribution in [3.05, 3.63) is 10.8 Å². The van der Waals surface area contributed by atoms with Gasteiger partial charge in [-0.1, -0.05) is 11.6 Å². The first-order valence-corrected chi connectivity index (χ1v) is 8.07. The number of aliphatic carboxylic acids is 1. The fourth-order valence-corrected chi connectivity index (χ4v) is 4.64. The first-order valence-electron chi connectivity index (χ1n) is 6.25. The van der Waals surface area contributed by atoms with Crippen LogP contribution >= 0.6 is 11.6 Å². The van der Waals surface area contributed by atoms with Gasteiger partial charge in [0.05, 0.1) is 31.4 Å². The number of nitrogens with zero attached hydrogens (tertiary/aromatic N) is 3. The third-order valence-electron chi connectivity index (χ3n) is 3.25. The first kappa shape index (κ1) is 16.2. The van der Waals surface area contributed by atoms with Gasteiger partial charge in [-0.15, -0.1) is 0 Å². The van der Waals surface area contributed by atoms with Crippen molar-refractivity contribution in [3.8, 4) is 0 Å². The molecular weight excluding hydrogens is 322 g/mol. The van der Waals surface area contributed by atoms with Crippen molar-refractivity contribution >= 4 is 27.6 Å². The molecular formula is C11H16ClN3O5S. The van der Waals surface area contributed by atoms with Crippen molar-refractivity contribution in [1.29, 1.82) is 0 Å². The maximum absolute atomic E-state index is 12.8. The summed E-state index contributed by atoms with van der Waals surface area (Å²) in [6, 6.07) is -0.753. The molecule has 0 radical (unpaired) electrons. The van der Waals surface area contributed by atoms with Gasteiger partial charge in [0.2, 0.25) is 10.0 Å². The van der Waals surface area contributed by atoms with E-state index in [2.05, 4.69) is 5.10 Å². The summed E-state index contributed by atoms with van der Waals surface area (Å²) in [4.78, 5) is 10.8. The molecule has 118 valence electrons. The molecule has 10 heteroatoms. The summed E-state index contributed by atoms with van der Waals surface area (Å²) in [5.74, 6) is -1.08. The minimum absolute atomic E-state index is 0.00747. The Morgan fingerprint density at radius 1 is 1.57 bits per heavy atom. The third kappa shape index (κ3) is 3.05. The number of hydrogen-bond donors (Lipinski definition) is 1. The molecule has 1 aromatic heterocycles. The Morgan fingerprint density at radius 3 is 2.76 bits per heavy atom. The number of carboxylic acid groups (broad SMARTS) is 1. The highest BCUT2D eigenvalue weighted by Gasteiger charge is 2.38. The van der Waals surface area contributed by atoms with E-state index in [9.17, 15) is 13.2 Å². The van der Waals surface area contributed by atoms with Crippen LogP contribution in [-0.2, 0) is 26.6 Å². The van der Waals surface area contributed by atoms with Gasteiger partial charge in [0.15, 0.2) is 0 Å². The number of aromatic nitrogens is 2. The number of carboxylic acids is 1. The maximum atomic E-state index is 12.8. The van der Waals surface area contributed by atoms with Gasteiger partial charge in [-0.25, -0.2) is 8.42 Å².